The van der Waals surface area contributed by atoms with Gasteiger partial charge in [0, 0.05) is 19.0 Å². The van der Waals surface area contributed by atoms with Crippen molar-refractivity contribution < 1.29 is 4.79 Å². The average molecular weight is 252 g/mol. The van der Waals surface area contributed by atoms with Crippen molar-refractivity contribution in [3.63, 3.8) is 0 Å². The lowest BCUT2D eigenvalue weighted by Gasteiger charge is -2.31. The Morgan fingerprint density at radius 3 is 2.22 bits per heavy atom. The standard InChI is InChI=1S/C15H28N2O/c1-2-9-17(11-13-3-4-13)15(18)14-7-5-12(10-16)6-8-14/h12-14H,2-11,16H2,1H3. The van der Waals surface area contributed by atoms with E-state index in [2.05, 4.69) is 11.8 Å². The van der Waals surface area contributed by atoms with E-state index >= 15 is 0 Å². The van der Waals surface area contributed by atoms with Crippen molar-refractivity contribution in [2.45, 2.75) is 51.9 Å². The highest BCUT2D eigenvalue weighted by molar-refractivity contribution is 5.79. The van der Waals surface area contributed by atoms with Crippen LogP contribution in [0.4, 0.5) is 0 Å². The van der Waals surface area contributed by atoms with Gasteiger partial charge in [-0.3, -0.25) is 4.79 Å². The second-order valence-electron chi connectivity index (χ2n) is 6.18. The molecule has 2 N–H and O–H groups in total. The van der Waals surface area contributed by atoms with Crippen LogP contribution in [0.1, 0.15) is 51.9 Å². The molecule has 0 spiro atoms. The van der Waals surface area contributed by atoms with Crippen LogP contribution in [0.25, 0.3) is 0 Å². The van der Waals surface area contributed by atoms with Gasteiger partial charge in [0.2, 0.25) is 5.91 Å². The van der Waals surface area contributed by atoms with Gasteiger partial charge in [-0.25, -0.2) is 0 Å². The molecule has 104 valence electrons. The van der Waals surface area contributed by atoms with Crippen molar-refractivity contribution in [3.05, 3.63) is 0 Å². The Bertz CT molecular complexity index is 268. The lowest BCUT2D eigenvalue weighted by Crippen LogP contribution is -2.40. The molecular formula is C15H28N2O. The molecule has 0 atom stereocenters. The molecule has 0 radical (unpaired) electrons. The average Bonchev–Trinajstić information content (AvgIpc) is 3.21. The van der Waals surface area contributed by atoms with Crippen molar-refractivity contribution in [1.29, 1.82) is 0 Å². The first-order valence-corrected chi connectivity index (χ1v) is 7.73. The summed E-state index contributed by atoms with van der Waals surface area (Å²) < 4.78 is 0. The van der Waals surface area contributed by atoms with Crippen molar-refractivity contribution in [3.8, 4) is 0 Å². The molecule has 2 fully saturated rings. The maximum atomic E-state index is 12.5. The minimum atomic E-state index is 0.290. The van der Waals surface area contributed by atoms with Crippen molar-refractivity contribution in [2.24, 2.45) is 23.5 Å². The Hall–Kier alpha value is -0.570. The van der Waals surface area contributed by atoms with Gasteiger partial charge < -0.3 is 10.6 Å². The van der Waals surface area contributed by atoms with Crippen molar-refractivity contribution in [1.82, 2.24) is 4.90 Å². The van der Waals surface area contributed by atoms with E-state index < -0.39 is 0 Å². The van der Waals surface area contributed by atoms with Crippen LogP contribution in [0.3, 0.4) is 0 Å². The van der Waals surface area contributed by atoms with E-state index in [4.69, 9.17) is 5.73 Å². The van der Waals surface area contributed by atoms with E-state index in [-0.39, 0.29) is 5.92 Å². The fraction of sp³-hybridized carbons (Fsp3) is 0.933. The second kappa shape index (κ2) is 6.55. The molecular weight excluding hydrogens is 224 g/mol. The largest absolute Gasteiger partial charge is 0.342 e. The lowest BCUT2D eigenvalue weighted by atomic mass is 9.81. The van der Waals surface area contributed by atoms with Crippen LogP contribution >= 0.6 is 0 Å². The molecule has 2 aliphatic carbocycles. The number of hydrogen-bond acceptors (Lipinski definition) is 2. The van der Waals surface area contributed by atoms with E-state index in [9.17, 15) is 4.79 Å². The van der Waals surface area contributed by atoms with Crippen LogP contribution in [0.2, 0.25) is 0 Å². The molecule has 2 aliphatic rings. The molecule has 3 nitrogen and oxygen atoms in total. The van der Waals surface area contributed by atoms with Crippen LogP contribution in [0.15, 0.2) is 0 Å². The number of carbonyl (C=O) groups excluding carboxylic acids is 1. The number of hydrogen-bond donors (Lipinski definition) is 1. The van der Waals surface area contributed by atoms with Gasteiger partial charge >= 0.3 is 0 Å². The van der Waals surface area contributed by atoms with Crippen LogP contribution in [-0.4, -0.2) is 30.4 Å². The molecule has 0 heterocycles. The number of nitrogens with zero attached hydrogens (tertiary/aromatic N) is 1. The maximum absolute atomic E-state index is 12.5. The van der Waals surface area contributed by atoms with Gasteiger partial charge in [0.05, 0.1) is 0 Å². The molecule has 0 aromatic heterocycles. The number of nitrogens with two attached hydrogens (primary N) is 1. The van der Waals surface area contributed by atoms with Gasteiger partial charge in [0.15, 0.2) is 0 Å². The fourth-order valence-electron chi connectivity index (χ4n) is 3.08. The summed E-state index contributed by atoms with van der Waals surface area (Å²) in [6.07, 6.45) is 8.15. The molecule has 0 bridgehead atoms. The summed E-state index contributed by atoms with van der Waals surface area (Å²) in [6, 6.07) is 0. The van der Waals surface area contributed by atoms with Crippen LogP contribution < -0.4 is 5.73 Å². The Kier molecular flexibility index (Phi) is 5.04. The van der Waals surface area contributed by atoms with Gasteiger partial charge in [-0.15, -0.1) is 0 Å². The highest BCUT2D eigenvalue weighted by Crippen LogP contribution is 2.33. The van der Waals surface area contributed by atoms with Gasteiger partial charge in [0.1, 0.15) is 0 Å². The Morgan fingerprint density at radius 2 is 1.72 bits per heavy atom. The topological polar surface area (TPSA) is 46.3 Å². The van der Waals surface area contributed by atoms with E-state index in [1.165, 1.54) is 12.8 Å². The monoisotopic (exact) mass is 252 g/mol. The quantitative estimate of drug-likeness (QED) is 0.789. The van der Waals surface area contributed by atoms with Crippen LogP contribution in [-0.2, 0) is 4.79 Å². The third kappa shape index (κ3) is 3.71. The van der Waals surface area contributed by atoms with Crippen molar-refractivity contribution >= 4 is 5.91 Å². The van der Waals surface area contributed by atoms with E-state index in [0.717, 1.165) is 57.7 Å². The van der Waals surface area contributed by atoms with Gasteiger partial charge in [-0.1, -0.05) is 6.92 Å². The fourth-order valence-corrected chi connectivity index (χ4v) is 3.08. The summed E-state index contributed by atoms with van der Waals surface area (Å²) in [5.41, 5.74) is 5.71. The third-order valence-corrected chi connectivity index (χ3v) is 4.51. The zero-order chi connectivity index (χ0) is 13.0. The van der Waals surface area contributed by atoms with Gasteiger partial charge in [0.25, 0.3) is 0 Å². The SMILES string of the molecule is CCCN(CC1CC1)C(=O)C1CCC(CN)CC1. The predicted molar refractivity (Wildman–Crippen MR) is 74.1 cm³/mol. The Balaban J connectivity index is 1.83. The zero-order valence-electron chi connectivity index (χ0n) is 11.7. The molecule has 0 aliphatic heterocycles. The molecule has 0 saturated heterocycles. The summed E-state index contributed by atoms with van der Waals surface area (Å²) in [6.45, 7) is 4.93. The minimum Gasteiger partial charge on any atom is -0.342 e. The second-order valence-corrected chi connectivity index (χ2v) is 6.18. The first-order chi connectivity index (χ1) is 8.74. The van der Waals surface area contributed by atoms with E-state index in [0.29, 0.717) is 11.8 Å². The first kappa shape index (κ1) is 13.9. The van der Waals surface area contributed by atoms with Gasteiger partial charge in [-0.2, -0.15) is 0 Å². The maximum Gasteiger partial charge on any atom is 0.225 e. The van der Waals surface area contributed by atoms with Crippen LogP contribution in [0, 0.1) is 17.8 Å². The van der Waals surface area contributed by atoms with E-state index in [1.54, 1.807) is 0 Å². The van der Waals surface area contributed by atoms with Gasteiger partial charge in [-0.05, 0) is 63.3 Å². The third-order valence-electron chi connectivity index (χ3n) is 4.51. The molecule has 0 aromatic rings. The Morgan fingerprint density at radius 1 is 1.11 bits per heavy atom. The summed E-state index contributed by atoms with van der Waals surface area (Å²) in [5.74, 6) is 2.19. The summed E-state index contributed by atoms with van der Waals surface area (Å²) in [5, 5.41) is 0. The highest BCUT2D eigenvalue weighted by atomic mass is 16.2. The number of rotatable bonds is 6. The minimum absolute atomic E-state index is 0.290. The highest BCUT2D eigenvalue weighted by Gasteiger charge is 2.32. The smallest absolute Gasteiger partial charge is 0.225 e. The molecule has 1 amide bonds. The molecule has 2 saturated carbocycles. The molecule has 0 aromatic carbocycles. The van der Waals surface area contributed by atoms with E-state index in [1.807, 2.05) is 0 Å². The number of carbonyl (C=O) groups is 1. The Labute approximate surface area is 111 Å². The lowest BCUT2D eigenvalue weighted by molar-refractivity contribution is -0.137. The first-order valence-electron chi connectivity index (χ1n) is 7.73. The predicted octanol–water partition coefficient (Wildman–Crippen LogP) is 2.40. The molecule has 0 unspecified atom stereocenters. The molecule has 2 rings (SSSR count). The zero-order valence-corrected chi connectivity index (χ0v) is 11.7. The normalized spacial score (nSPS) is 28.1. The summed E-state index contributed by atoms with van der Waals surface area (Å²) in [7, 11) is 0. The van der Waals surface area contributed by atoms with Crippen molar-refractivity contribution in [2.75, 3.05) is 19.6 Å². The number of amides is 1. The molecule has 18 heavy (non-hydrogen) atoms. The summed E-state index contributed by atoms with van der Waals surface area (Å²) in [4.78, 5) is 14.7. The molecule has 3 heteroatoms. The van der Waals surface area contributed by atoms with Crippen LogP contribution in [0.5, 0.6) is 0 Å². The summed E-state index contributed by atoms with van der Waals surface area (Å²) >= 11 is 0.